The Kier molecular flexibility index (Phi) is 4.14. The van der Waals surface area contributed by atoms with Crippen molar-refractivity contribution in [2.45, 2.75) is 6.61 Å². The van der Waals surface area contributed by atoms with E-state index in [0.29, 0.717) is 22.7 Å². The molecular formula is C18H13N3O3S. The fourth-order valence-electron chi connectivity index (χ4n) is 2.37. The van der Waals surface area contributed by atoms with Crippen LogP contribution in [0.4, 0.5) is 0 Å². The Balaban J connectivity index is 1.46. The molecule has 0 atom stereocenters. The Bertz CT molecular complexity index is 974. The first-order valence-corrected chi connectivity index (χ1v) is 8.43. The Morgan fingerprint density at radius 3 is 2.88 bits per heavy atom. The molecule has 0 fully saturated rings. The predicted octanol–water partition coefficient (Wildman–Crippen LogP) is 4.15. The van der Waals surface area contributed by atoms with Crippen LogP contribution in [0.3, 0.4) is 0 Å². The minimum atomic E-state index is -0.444. The third-order valence-electron chi connectivity index (χ3n) is 3.56. The Morgan fingerprint density at radius 2 is 2.08 bits per heavy atom. The summed E-state index contributed by atoms with van der Waals surface area (Å²) in [5.41, 5.74) is 2.59. The molecule has 0 spiro atoms. The maximum Gasteiger partial charge on any atom is 0.342 e. The van der Waals surface area contributed by atoms with E-state index in [-0.39, 0.29) is 6.61 Å². The van der Waals surface area contributed by atoms with Gasteiger partial charge in [0.05, 0.1) is 23.8 Å². The molecule has 124 valence electrons. The summed E-state index contributed by atoms with van der Waals surface area (Å²) in [6.45, 7) is 0.0927. The zero-order chi connectivity index (χ0) is 17.1. The number of nitrogens with one attached hydrogen (secondary N) is 1. The molecule has 0 aliphatic carbocycles. The van der Waals surface area contributed by atoms with Crippen LogP contribution < -0.4 is 0 Å². The SMILES string of the molecule is O=C(OCc1csc(-c2ccco2)n1)c1cn[nH]c1-c1ccccc1. The summed E-state index contributed by atoms with van der Waals surface area (Å²) in [7, 11) is 0. The molecule has 1 aromatic carbocycles. The van der Waals surface area contributed by atoms with Crippen molar-refractivity contribution in [2.24, 2.45) is 0 Å². The van der Waals surface area contributed by atoms with Crippen LogP contribution in [-0.2, 0) is 11.3 Å². The lowest BCUT2D eigenvalue weighted by Crippen LogP contribution is -2.06. The number of carbonyl (C=O) groups is 1. The number of benzene rings is 1. The van der Waals surface area contributed by atoms with Crippen LogP contribution in [0.2, 0.25) is 0 Å². The first kappa shape index (κ1) is 15.3. The number of ether oxygens (including phenoxy) is 1. The van der Waals surface area contributed by atoms with Gasteiger partial charge in [-0.1, -0.05) is 30.3 Å². The van der Waals surface area contributed by atoms with Gasteiger partial charge in [0.2, 0.25) is 0 Å². The average molecular weight is 351 g/mol. The molecule has 4 rings (SSSR count). The third kappa shape index (κ3) is 3.22. The summed E-state index contributed by atoms with van der Waals surface area (Å²) >= 11 is 1.44. The van der Waals surface area contributed by atoms with Crippen LogP contribution in [0, 0.1) is 0 Å². The van der Waals surface area contributed by atoms with Crippen molar-refractivity contribution < 1.29 is 13.9 Å². The van der Waals surface area contributed by atoms with Crippen molar-refractivity contribution in [3.8, 4) is 22.0 Å². The second-order valence-corrected chi connectivity index (χ2v) is 6.08. The monoisotopic (exact) mass is 351 g/mol. The summed E-state index contributed by atoms with van der Waals surface area (Å²) in [5, 5.41) is 9.41. The maximum absolute atomic E-state index is 12.4. The molecule has 6 nitrogen and oxygen atoms in total. The van der Waals surface area contributed by atoms with Gasteiger partial charge in [0, 0.05) is 10.9 Å². The van der Waals surface area contributed by atoms with Crippen LogP contribution >= 0.6 is 11.3 Å². The standard InChI is InChI=1S/C18H13N3O3S/c22-18(14-9-19-21-16(14)12-5-2-1-3-6-12)24-10-13-11-25-17(20-13)15-7-4-8-23-15/h1-9,11H,10H2,(H,19,21). The number of furan rings is 1. The lowest BCUT2D eigenvalue weighted by Gasteiger charge is -2.04. The highest BCUT2D eigenvalue weighted by atomic mass is 32.1. The number of hydrogen-bond acceptors (Lipinski definition) is 6. The summed E-state index contributed by atoms with van der Waals surface area (Å²) in [6.07, 6.45) is 3.07. The predicted molar refractivity (Wildman–Crippen MR) is 93.0 cm³/mol. The summed E-state index contributed by atoms with van der Waals surface area (Å²) in [5.74, 6) is 0.254. The summed E-state index contributed by atoms with van der Waals surface area (Å²) in [6, 6.07) is 13.2. The number of aromatic amines is 1. The lowest BCUT2D eigenvalue weighted by molar-refractivity contribution is 0.0469. The second-order valence-electron chi connectivity index (χ2n) is 5.22. The Hall–Kier alpha value is -3.19. The number of H-pyrrole nitrogens is 1. The van der Waals surface area contributed by atoms with E-state index in [1.165, 1.54) is 17.5 Å². The van der Waals surface area contributed by atoms with Gasteiger partial charge in [-0.15, -0.1) is 11.3 Å². The van der Waals surface area contributed by atoms with Gasteiger partial charge in [-0.3, -0.25) is 5.10 Å². The van der Waals surface area contributed by atoms with E-state index in [0.717, 1.165) is 10.6 Å². The molecule has 0 unspecified atom stereocenters. The van der Waals surface area contributed by atoms with Gasteiger partial charge in [0.15, 0.2) is 10.8 Å². The molecule has 0 radical (unpaired) electrons. The molecule has 25 heavy (non-hydrogen) atoms. The van der Waals surface area contributed by atoms with Crippen molar-refractivity contribution in [3.05, 3.63) is 71.6 Å². The number of rotatable bonds is 5. The zero-order valence-electron chi connectivity index (χ0n) is 13.0. The van der Waals surface area contributed by atoms with Gasteiger partial charge in [-0.2, -0.15) is 5.10 Å². The van der Waals surface area contributed by atoms with Crippen molar-refractivity contribution in [2.75, 3.05) is 0 Å². The van der Waals surface area contributed by atoms with Gasteiger partial charge in [0.25, 0.3) is 0 Å². The fourth-order valence-corrected chi connectivity index (χ4v) is 3.14. The number of carbonyl (C=O) groups excluding carboxylic acids is 1. The van der Waals surface area contributed by atoms with Crippen molar-refractivity contribution in [1.29, 1.82) is 0 Å². The van der Waals surface area contributed by atoms with E-state index in [4.69, 9.17) is 9.15 Å². The van der Waals surface area contributed by atoms with E-state index in [1.54, 1.807) is 12.3 Å². The van der Waals surface area contributed by atoms with Crippen LogP contribution in [0.5, 0.6) is 0 Å². The van der Waals surface area contributed by atoms with Crippen molar-refractivity contribution >= 4 is 17.3 Å². The van der Waals surface area contributed by atoms with Gasteiger partial charge in [0.1, 0.15) is 12.2 Å². The van der Waals surface area contributed by atoms with Crippen LogP contribution in [0.1, 0.15) is 16.1 Å². The largest absolute Gasteiger partial charge is 0.462 e. The van der Waals surface area contributed by atoms with Crippen molar-refractivity contribution in [3.63, 3.8) is 0 Å². The topological polar surface area (TPSA) is 81.0 Å². The number of esters is 1. The smallest absolute Gasteiger partial charge is 0.342 e. The lowest BCUT2D eigenvalue weighted by atomic mass is 10.1. The molecule has 0 aliphatic heterocycles. The molecule has 0 amide bonds. The van der Waals surface area contributed by atoms with Crippen LogP contribution in [0.25, 0.3) is 22.0 Å². The number of hydrogen-bond donors (Lipinski definition) is 1. The van der Waals surface area contributed by atoms with E-state index in [2.05, 4.69) is 15.2 Å². The zero-order valence-corrected chi connectivity index (χ0v) is 13.8. The van der Waals surface area contributed by atoms with Crippen LogP contribution in [-0.4, -0.2) is 21.2 Å². The number of nitrogens with zero attached hydrogens (tertiary/aromatic N) is 2. The van der Waals surface area contributed by atoms with E-state index in [1.807, 2.05) is 41.8 Å². The highest BCUT2D eigenvalue weighted by molar-refractivity contribution is 7.13. The first-order chi connectivity index (χ1) is 12.3. The normalized spacial score (nSPS) is 10.7. The van der Waals surface area contributed by atoms with Gasteiger partial charge in [-0.25, -0.2) is 9.78 Å². The third-order valence-corrected chi connectivity index (χ3v) is 4.46. The van der Waals surface area contributed by atoms with Crippen molar-refractivity contribution in [1.82, 2.24) is 15.2 Å². The average Bonchev–Trinajstić information content (AvgIpc) is 3.41. The number of thiazole rings is 1. The summed E-state index contributed by atoms with van der Waals surface area (Å²) in [4.78, 5) is 16.8. The van der Waals surface area contributed by atoms with E-state index < -0.39 is 5.97 Å². The Labute approximate surface area is 147 Å². The molecule has 1 N–H and O–H groups in total. The van der Waals surface area contributed by atoms with E-state index >= 15 is 0 Å². The molecule has 7 heteroatoms. The molecule has 0 saturated heterocycles. The summed E-state index contributed by atoms with van der Waals surface area (Å²) < 4.78 is 10.7. The molecule has 0 saturated carbocycles. The van der Waals surface area contributed by atoms with Gasteiger partial charge >= 0.3 is 5.97 Å². The minimum absolute atomic E-state index is 0.0927. The molecule has 3 heterocycles. The van der Waals surface area contributed by atoms with Gasteiger partial charge < -0.3 is 9.15 Å². The molecule has 4 aromatic rings. The van der Waals surface area contributed by atoms with E-state index in [9.17, 15) is 4.79 Å². The molecule has 3 aromatic heterocycles. The first-order valence-electron chi connectivity index (χ1n) is 7.55. The highest BCUT2D eigenvalue weighted by Gasteiger charge is 2.17. The molecule has 0 aliphatic rings. The molecule has 0 bridgehead atoms. The fraction of sp³-hybridized carbons (Fsp3) is 0.0556. The maximum atomic E-state index is 12.4. The highest BCUT2D eigenvalue weighted by Crippen LogP contribution is 2.25. The minimum Gasteiger partial charge on any atom is -0.462 e. The number of aromatic nitrogens is 3. The van der Waals surface area contributed by atoms with Crippen LogP contribution in [0.15, 0.2) is 64.7 Å². The van der Waals surface area contributed by atoms with Gasteiger partial charge in [-0.05, 0) is 12.1 Å². The molecular weight excluding hydrogens is 338 g/mol. The Morgan fingerprint density at radius 1 is 1.20 bits per heavy atom. The quantitative estimate of drug-likeness (QED) is 0.546. The second kappa shape index (κ2) is 6.74.